The molecule has 0 aromatic heterocycles. The highest BCUT2D eigenvalue weighted by atomic mass is 15.5. The molecule has 0 unspecified atom stereocenters. The van der Waals surface area contributed by atoms with E-state index in [-0.39, 0.29) is 0 Å². The zero-order chi connectivity index (χ0) is 6.99. The third kappa shape index (κ3) is 18.0. The molecule has 3 N–H and O–H groups in total. The summed E-state index contributed by atoms with van der Waals surface area (Å²) < 4.78 is 0. The zero-order valence-corrected chi connectivity index (χ0v) is 6.02. The first-order chi connectivity index (χ1) is 3.77. The maximum Gasteiger partial charge on any atom is 0.0332 e. The van der Waals surface area contributed by atoms with E-state index < -0.39 is 0 Å². The van der Waals surface area contributed by atoms with Crippen molar-refractivity contribution in [3.63, 3.8) is 0 Å². The third-order valence-electron chi connectivity index (χ3n) is 0.288. The van der Waals surface area contributed by atoms with Gasteiger partial charge in [-0.1, -0.05) is 13.8 Å². The zero-order valence-electron chi connectivity index (χ0n) is 6.02. The third-order valence-corrected chi connectivity index (χ3v) is 0.288. The molecule has 0 spiro atoms. The molecule has 0 aliphatic heterocycles. The Hall–Kier alpha value is -0.570. The molecule has 0 aliphatic rings. The first-order valence-corrected chi connectivity index (χ1v) is 2.74. The predicted molar refractivity (Wildman–Crippen MR) is 37.5 cm³/mol. The average molecular weight is 117 g/mol. The molecule has 3 heteroatoms. The summed E-state index contributed by atoms with van der Waals surface area (Å²) >= 11 is 0. The maximum atomic E-state index is 4.79. The molecule has 0 aliphatic carbocycles. The van der Waals surface area contributed by atoms with Crippen LogP contribution in [0.3, 0.4) is 0 Å². The summed E-state index contributed by atoms with van der Waals surface area (Å²) in [6, 6.07) is 0. The van der Waals surface area contributed by atoms with Crippen LogP contribution in [0.1, 0.15) is 27.7 Å². The van der Waals surface area contributed by atoms with Gasteiger partial charge in [0.15, 0.2) is 0 Å². The molecule has 0 radical (unpaired) electrons. The van der Waals surface area contributed by atoms with Crippen molar-refractivity contribution in [2.45, 2.75) is 27.7 Å². The van der Waals surface area contributed by atoms with Gasteiger partial charge in [-0.05, 0) is 13.8 Å². The van der Waals surface area contributed by atoms with Crippen molar-refractivity contribution in [3.8, 4) is 0 Å². The fourth-order valence-electron chi connectivity index (χ4n) is 0.129. The van der Waals surface area contributed by atoms with Gasteiger partial charge in [0, 0.05) is 5.71 Å². The van der Waals surface area contributed by atoms with Gasteiger partial charge in [-0.3, -0.25) is 0 Å². The van der Waals surface area contributed by atoms with E-state index in [0.29, 0.717) is 0 Å². The van der Waals surface area contributed by atoms with Crippen LogP contribution >= 0.6 is 0 Å². The normalized spacial score (nSPS) is 6.12. The summed E-state index contributed by atoms with van der Waals surface area (Å²) in [5.74, 6) is 4.79. The minimum absolute atomic E-state index is 0.928. The van der Waals surface area contributed by atoms with Crippen LogP contribution in [0, 0.1) is 0 Å². The second-order valence-electron chi connectivity index (χ2n) is 1.19. The number of hydrogen-bond donors (Lipinski definition) is 2. The minimum atomic E-state index is 0.928. The molecule has 0 aromatic carbocycles. The van der Waals surface area contributed by atoms with Crippen LogP contribution in [0.2, 0.25) is 0 Å². The molecule has 0 amide bonds. The van der Waals surface area contributed by atoms with Crippen molar-refractivity contribution >= 4 is 5.71 Å². The minimum Gasteiger partial charge on any atom is -0.246 e. The smallest absolute Gasteiger partial charge is 0.0332 e. The largest absolute Gasteiger partial charge is 0.246 e. The molecular formula is C5H15N3. The molecule has 0 saturated carbocycles. The summed E-state index contributed by atoms with van der Waals surface area (Å²) in [5.41, 5.74) is 3.08. The average Bonchev–Trinajstić information content (AvgIpc) is 1.72. The first-order valence-electron chi connectivity index (χ1n) is 2.74. The Bertz CT molecular complexity index is 54.7. The molecule has 0 atom stereocenters. The maximum absolute atomic E-state index is 4.79. The Morgan fingerprint density at radius 1 is 1.38 bits per heavy atom. The number of nitrogens with two attached hydrogens (primary N) is 1. The lowest BCUT2D eigenvalue weighted by Gasteiger charge is -1.84. The highest BCUT2D eigenvalue weighted by Gasteiger charge is 1.67. The SMILES string of the molecule is CC.CC(C)=NNN. The highest BCUT2D eigenvalue weighted by molar-refractivity contribution is 5.78. The van der Waals surface area contributed by atoms with E-state index in [1.54, 1.807) is 0 Å². The lowest BCUT2D eigenvalue weighted by molar-refractivity contribution is 0.803. The van der Waals surface area contributed by atoms with Gasteiger partial charge in [0.1, 0.15) is 0 Å². The predicted octanol–water partition coefficient (Wildman–Crippen LogP) is 0.872. The van der Waals surface area contributed by atoms with E-state index >= 15 is 0 Å². The second kappa shape index (κ2) is 9.66. The molecule has 0 bridgehead atoms. The molecule has 50 valence electrons. The quantitative estimate of drug-likeness (QED) is 0.304. The molecule has 0 fully saturated rings. The van der Waals surface area contributed by atoms with Crippen LogP contribution in [0.15, 0.2) is 5.10 Å². The summed E-state index contributed by atoms with van der Waals surface area (Å²) in [7, 11) is 0. The Morgan fingerprint density at radius 2 is 1.75 bits per heavy atom. The number of hydrazine groups is 1. The number of hydrazone groups is 1. The van der Waals surface area contributed by atoms with Crippen molar-refractivity contribution < 1.29 is 0 Å². The highest BCUT2D eigenvalue weighted by Crippen LogP contribution is 1.62. The van der Waals surface area contributed by atoms with Crippen LogP contribution in [0.4, 0.5) is 0 Å². The topological polar surface area (TPSA) is 50.4 Å². The van der Waals surface area contributed by atoms with Crippen molar-refractivity contribution in [1.82, 2.24) is 5.53 Å². The number of nitrogens with one attached hydrogen (secondary N) is 1. The van der Waals surface area contributed by atoms with Crippen LogP contribution < -0.4 is 11.4 Å². The Morgan fingerprint density at radius 3 is 1.75 bits per heavy atom. The summed E-state index contributed by atoms with van der Waals surface area (Å²) in [6.45, 7) is 7.72. The summed E-state index contributed by atoms with van der Waals surface area (Å²) in [5, 5.41) is 3.57. The van der Waals surface area contributed by atoms with Crippen molar-refractivity contribution in [1.29, 1.82) is 0 Å². The number of nitrogens with zero attached hydrogens (tertiary/aromatic N) is 1. The van der Waals surface area contributed by atoms with Gasteiger partial charge >= 0.3 is 0 Å². The van der Waals surface area contributed by atoms with Crippen molar-refractivity contribution in [2.24, 2.45) is 10.9 Å². The number of hydrogen-bond acceptors (Lipinski definition) is 3. The molecule has 3 nitrogen and oxygen atoms in total. The monoisotopic (exact) mass is 117 g/mol. The van der Waals surface area contributed by atoms with Gasteiger partial charge in [-0.25, -0.2) is 11.4 Å². The standard InChI is InChI=1S/C3H9N3.C2H6/c1-3(2)5-6-4;1-2/h6H,4H2,1-2H3;1-2H3. The fourth-order valence-corrected chi connectivity index (χ4v) is 0.129. The molecule has 8 heavy (non-hydrogen) atoms. The fraction of sp³-hybridized carbons (Fsp3) is 0.800. The van der Waals surface area contributed by atoms with Gasteiger partial charge in [0.25, 0.3) is 0 Å². The molecule has 0 saturated heterocycles. The van der Waals surface area contributed by atoms with Crippen LogP contribution in [-0.2, 0) is 0 Å². The summed E-state index contributed by atoms with van der Waals surface area (Å²) in [6.07, 6.45) is 0. The summed E-state index contributed by atoms with van der Waals surface area (Å²) in [4.78, 5) is 0. The van der Waals surface area contributed by atoms with E-state index in [9.17, 15) is 0 Å². The van der Waals surface area contributed by atoms with Gasteiger partial charge in [-0.2, -0.15) is 5.10 Å². The second-order valence-corrected chi connectivity index (χ2v) is 1.19. The lowest BCUT2D eigenvalue weighted by atomic mass is 10.5. The molecule has 0 rings (SSSR count). The Labute approximate surface area is 50.9 Å². The van der Waals surface area contributed by atoms with Gasteiger partial charge in [-0.15, -0.1) is 0 Å². The van der Waals surface area contributed by atoms with Crippen LogP contribution in [-0.4, -0.2) is 5.71 Å². The van der Waals surface area contributed by atoms with Gasteiger partial charge < -0.3 is 0 Å². The van der Waals surface area contributed by atoms with Gasteiger partial charge in [0.2, 0.25) is 0 Å². The number of rotatable bonds is 1. The Kier molecular flexibility index (Phi) is 12.6. The molecule has 0 heterocycles. The van der Waals surface area contributed by atoms with E-state index in [1.807, 2.05) is 27.7 Å². The Balaban J connectivity index is 0. The first kappa shape index (κ1) is 10.4. The molecular weight excluding hydrogens is 102 g/mol. The van der Waals surface area contributed by atoms with E-state index in [1.165, 1.54) is 0 Å². The van der Waals surface area contributed by atoms with E-state index in [0.717, 1.165) is 5.71 Å². The van der Waals surface area contributed by atoms with Crippen LogP contribution in [0.25, 0.3) is 0 Å². The van der Waals surface area contributed by atoms with Crippen molar-refractivity contribution in [2.75, 3.05) is 0 Å². The lowest BCUT2D eigenvalue weighted by Crippen LogP contribution is -2.14. The van der Waals surface area contributed by atoms with Gasteiger partial charge in [0.05, 0.1) is 0 Å². The molecule has 0 aromatic rings. The van der Waals surface area contributed by atoms with E-state index in [4.69, 9.17) is 5.84 Å². The van der Waals surface area contributed by atoms with Crippen LogP contribution in [0.5, 0.6) is 0 Å². The van der Waals surface area contributed by atoms with E-state index in [2.05, 4.69) is 10.6 Å². The van der Waals surface area contributed by atoms with Crippen molar-refractivity contribution in [3.05, 3.63) is 0 Å².